The first-order valence-corrected chi connectivity index (χ1v) is 4.99. The number of hydrogen-bond donors (Lipinski definition) is 0. The zero-order valence-electron chi connectivity index (χ0n) is 10.2. The average Bonchev–Trinajstić information content (AvgIpc) is 2.29. The fourth-order valence-electron chi connectivity index (χ4n) is 0.944. The van der Waals surface area contributed by atoms with Crippen molar-refractivity contribution in [2.45, 2.75) is 20.3 Å². The number of methoxy groups -OCH3 is 3. The van der Waals surface area contributed by atoms with E-state index in [4.69, 9.17) is 14.2 Å². The van der Waals surface area contributed by atoms with E-state index in [0.717, 1.165) is 5.75 Å². The van der Waals surface area contributed by atoms with Gasteiger partial charge in [-0.05, 0) is 12.1 Å². The zero-order valence-corrected chi connectivity index (χ0v) is 10.2. The van der Waals surface area contributed by atoms with Gasteiger partial charge in [-0.25, -0.2) is 0 Å². The molecule has 1 rings (SSSR count). The van der Waals surface area contributed by atoms with E-state index < -0.39 is 0 Å². The summed E-state index contributed by atoms with van der Waals surface area (Å²) in [7, 11) is 4.81. The summed E-state index contributed by atoms with van der Waals surface area (Å²) in [6.45, 7) is 4.25. The highest BCUT2D eigenvalue weighted by Crippen LogP contribution is 2.30. The Balaban J connectivity index is 0.000000583. The van der Waals surface area contributed by atoms with Crippen molar-refractivity contribution < 1.29 is 14.2 Å². The van der Waals surface area contributed by atoms with Gasteiger partial charge in [0.25, 0.3) is 0 Å². The summed E-state index contributed by atoms with van der Waals surface area (Å²) in [5.41, 5.74) is 0. The van der Waals surface area contributed by atoms with Crippen molar-refractivity contribution in [3.05, 3.63) is 18.2 Å². The Hall–Kier alpha value is -1.38. The van der Waals surface area contributed by atoms with Crippen LogP contribution in [0.15, 0.2) is 18.2 Å². The normalized spacial score (nSPS) is 8.60. The predicted molar refractivity (Wildman–Crippen MR) is 62.1 cm³/mol. The molecule has 0 aromatic heterocycles. The maximum atomic E-state index is 5.07. The first-order chi connectivity index (χ1) is 7.23. The molecule has 0 atom stereocenters. The van der Waals surface area contributed by atoms with E-state index in [1.165, 1.54) is 6.42 Å². The predicted octanol–water partition coefficient (Wildman–Crippen LogP) is 3.13. The monoisotopic (exact) mass is 212 g/mol. The third kappa shape index (κ3) is 4.58. The molecule has 0 aliphatic rings. The van der Waals surface area contributed by atoms with Gasteiger partial charge in [-0.3, -0.25) is 0 Å². The van der Waals surface area contributed by atoms with Crippen LogP contribution in [-0.2, 0) is 0 Å². The Morgan fingerprint density at radius 3 is 1.80 bits per heavy atom. The molecule has 0 heterocycles. The van der Waals surface area contributed by atoms with Gasteiger partial charge in [0.05, 0.1) is 21.3 Å². The molecular formula is C12H20O3. The topological polar surface area (TPSA) is 27.7 Å². The molecule has 0 fully saturated rings. The third-order valence-corrected chi connectivity index (χ3v) is 1.59. The standard InChI is InChI=1S/C9H12O3.C3H8/c1-10-7-4-5-8(11-2)9(6-7)12-3;1-3-2/h4-6H,1-3H3;3H2,1-2H3. The van der Waals surface area contributed by atoms with Gasteiger partial charge in [-0.1, -0.05) is 20.3 Å². The van der Waals surface area contributed by atoms with Crippen LogP contribution >= 0.6 is 0 Å². The summed E-state index contributed by atoms with van der Waals surface area (Å²) in [6.07, 6.45) is 1.25. The van der Waals surface area contributed by atoms with E-state index in [9.17, 15) is 0 Å². The van der Waals surface area contributed by atoms with Gasteiger partial charge in [0, 0.05) is 6.07 Å². The molecule has 3 heteroatoms. The minimum atomic E-state index is 0.678. The molecule has 0 radical (unpaired) electrons. The fourth-order valence-corrected chi connectivity index (χ4v) is 0.944. The lowest BCUT2D eigenvalue weighted by Gasteiger charge is -2.08. The van der Waals surface area contributed by atoms with Gasteiger partial charge >= 0.3 is 0 Å². The minimum absolute atomic E-state index is 0.678. The van der Waals surface area contributed by atoms with Crippen LogP contribution in [-0.4, -0.2) is 21.3 Å². The van der Waals surface area contributed by atoms with Crippen molar-refractivity contribution in [1.29, 1.82) is 0 Å². The Morgan fingerprint density at radius 1 is 0.867 bits per heavy atom. The summed E-state index contributed by atoms with van der Waals surface area (Å²) < 4.78 is 15.1. The second-order valence-corrected chi connectivity index (χ2v) is 2.93. The van der Waals surface area contributed by atoms with Gasteiger partial charge in [0.15, 0.2) is 11.5 Å². The highest BCUT2D eigenvalue weighted by atomic mass is 16.5. The lowest BCUT2D eigenvalue weighted by Crippen LogP contribution is -1.91. The van der Waals surface area contributed by atoms with Crippen LogP contribution in [0.5, 0.6) is 17.2 Å². The molecule has 0 bridgehead atoms. The largest absolute Gasteiger partial charge is 0.497 e. The Bertz CT molecular complexity index is 272. The van der Waals surface area contributed by atoms with Gasteiger partial charge in [-0.15, -0.1) is 0 Å². The molecule has 0 unspecified atom stereocenters. The molecule has 0 aliphatic carbocycles. The van der Waals surface area contributed by atoms with Crippen molar-refractivity contribution in [2.75, 3.05) is 21.3 Å². The fraction of sp³-hybridized carbons (Fsp3) is 0.500. The molecule has 15 heavy (non-hydrogen) atoms. The quantitative estimate of drug-likeness (QED) is 0.770. The maximum Gasteiger partial charge on any atom is 0.164 e. The lowest BCUT2D eigenvalue weighted by atomic mass is 10.3. The van der Waals surface area contributed by atoms with Crippen LogP contribution in [0.2, 0.25) is 0 Å². The SMILES string of the molecule is CCC.COc1ccc(OC)c(OC)c1. The first-order valence-electron chi connectivity index (χ1n) is 4.99. The molecular weight excluding hydrogens is 192 g/mol. The Labute approximate surface area is 92.0 Å². The van der Waals surface area contributed by atoms with Gasteiger partial charge in [-0.2, -0.15) is 0 Å². The van der Waals surface area contributed by atoms with Crippen LogP contribution in [0.4, 0.5) is 0 Å². The van der Waals surface area contributed by atoms with E-state index in [-0.39, 0.29) is 0 Å². The van der Waals surface area contributed by atoms with Crippen LogP contribution in [0.25, 0.3) is 0 Å². The molecule has 0 N–H and O–H groups in total. The van der Waals surface area contributed by atoms with Crippen LogP contribution in [0.3, 0.4) is 0 Å². The van der Waals surface area contributed by atoms with E-state index in [2.05, 4.69) is 13.8 Å². The second kappa shape index (κ2) is 7.97. The summed E-state index contributed by atoms with van der Waals surface area (Å²) >= 11 is 0. The van der Waals surface area contributed by atoms with Crippen molar-refractivity contribution in [3.8, 4) is 17.2 Å². The molecule has 0 spiro atoms. The molecule has 0 saturated carbocycles. The van der Waals surface area contributed by atoms with Crippen molar-refractivity contribution in [2.24, 2.45) is 0 Å². The molecule has 1 aromatic rings. The average molecular weight is 212 g/mol. The smallest absolute Gasteiger partial charge is 0.164 e. The van der Waals surface area contributed by atoms with E-state index in [0.29, 0.717) is 11.5 Å². The summed E-state index contributed by atoms with van der Waals surface area (Å²) in [4.78, 5) is 0. The Kier molecular flexibility index (Phi) is 7.24. The minimum Gasteiger partial charge on any atom is -0.497 e. The summed E-state index contributed by atoms with van der Waals surface area (Å²) in [6, 6.07) is 5.40. The maximum absolute atomic E-state index is 5.07. The van der Waals surface area contributed by atoms with Gasteiger partial charge in [0.2, 0.25) is 0 Å². The van der Waals surface area contributed by atoms with E-state index in [1.54, 1.807) is 33.5 Å². The molecule has 0 saturated heterocycles. The summed E-state index contributed by atoms with van der Waals surface area (Å²) in [5, 5.41) is 0. The van der Waals surface area contributed by atoms with Crippen LogP contribution in [0.1, 0.15) is 20.3 Å². The number of benzene rings is 1. The van der Waals surface area contributed by atoms with Crippen molar-refractivity contribution in [3.63, 3.8) is 0 Å². The second-order valence-electron chi connectivity index (χ2n) is 2.93. The third-order valence-electron chi connectivity index (χ3n) is 1.59. The van der Waals surface area contributed by atoms with Gasteiger partial charge in [0.1, 0.15) is 5.75 Å². The van der Waals surface area contributed by atoms with Crippen LogP contribution < -0.4 is 14.2 Å². The Morgan fingerprint density at radius 2 is 1.40 bits per heavy atom. The lowest BCUT2D eigenvalue weighted by molar-refractivity contribution is 0.349. The summed E-state index contributed by atoms with van der Waals surface area (Å²) in [5.74, 6) is 2.14. The number of rotatable bonds is 3. The number of ether oxygens (including phenoxy) is 3. The van der Waals surface area contributed by atoms with Crippen LogP contribution in [0, 0.1) is 0 Å². The van der Waals surface area contributed by atoms with E-state index >= 15 is 0 Å². The highest BCUT2D eigenvalue weighted by Gasteiger charge is 2.03. The molecule has 1 aromatic carbocycles. The first kappa shape index (κ1) is 13.6. The van der Waals surface area contributed by atoms with Gasteiger partial charge < -0.3 is 14.2 Å². The molecule has 86 valence electrons. The highest BCUT2D eigenvalue weighted by molar-refractivity contribution is 5.45. The van der Waals surface area contributed by atoms with Crippen molar-refractivity contribution >= 4 is 0 Å². The molecule has 0 aliphatic heterocycles. The van der Waals surface area contributed by atoms with Crippen molar-refractivity contribution in [1.82, 2.24) is 0 Å². The molecule has 3 nitrogen and oxygen atoms in total. The zero-order chi connectivity index (χ0) is 11.7. The molecule has 0 amide bonds. The number of hydrogen-bond acceptors (Lipinski definition) is 3. The van der Waals surface area contributed by atoms with E-state index in [1.807, 2.05) is 6.07 Å².